The van der Waals surface area contributed by atoms with Gasteiger partial charge in [-0.1, -0.05) is 18.2 Å². The van der Waals surface area contributed by atoms with E-state index in [1.807, 2.05) is 30.3 Å². The molecule has 0 saturated carbocycles. The zero-order chi connectivity index (χ0) is 21.1. The number of thiazole rings is 1. The van der Waals surface area contributed by atoms with Crippen LogP contribution >= 0.6 is 11.3 Å². The summed E-state index contributed by atoms with van der Waals surface area (Å²) >= 11 is 1.45. The van der Waals surface area contributed by atoms with E-state index in [-0.39, 0.29) is 24.0 Å². The van der Waals surface area contributed by atoms with Crippen molar-refractivity contribution in [2.45, 2.75) is 6.42 Å². The average molecular weight is 423 g/mol. The number of methoxy groups -OCH3 is 1. The molecule has 154 valence electrons. The summed E-state index contributed by atoms with van der Waals surface area (Å²) in [7, 11) is 1.63. The normalized spacial score (nSPS) is 14.0. The molecule has 4 rings (SSSR count). The van der Waals surface area contributed by atoms with Crippen molar-refractivity contribution >= 4 is 44.6 Å². The van der Waals surface area contributed by atoms with E-state index in [9.17, 15) is 9.90 Å². The number of amides is 1. The quantitative estimate of drug-likeness (QED) is 0.503. The minimum Gasteiger partial charge on any atom is -0.510 e. The molecule has 0 fully saturated rings. The first-order valence-corrected chi connectivity index (χ1v) is 10.4. The number of carbonyl (C=O) groups is 1. The largest absolute Gasteiger partial charge is 0.510 e. The summed E-state index contributed by atoms with van der Waals surface area (Å²) in [6.07, 6.45) is 0.738. The van der Waals surface area contributed by atoms with Crippen molar-refractivity contribution in [1.82, 2.24) is 10.3 Å². The Morgan fingerprint density at radius 1 is 1.30 bits per heavy atom. The lowest BCUT2D eigenvalue weighted by Gasteiger charge is -2.19. The Bertz CT molecular complexity index is 1110. The Labute approximate surface area is 178 Å². The number of hydrogen-bond acceptors (Lipinski definition) is 6. The van der Waals surface area contributed by atoms with Gasteiger partial charge in [0.25, 0.3) is 5.91 Å². The molecule has 1 aliphatic heterocycles. The van der Waals surface area contributed by atoms with Crippen LogP contribution in [0, 0.1) is 5.41 Å². The Hall–Kier alpha value is -3.23. The van der Waals surface area contributed by atoms with Crippen LogP contribution in [0.1, 0.15) is 21.8 Å². The second-order valence-corrected chi connectivity index (χ2v) is 7.93. The predicted octanol–water partition coefficient (Wildman–Crippen LogP) is 3.83. The zero-order valence-corrected chi connectivity index (χ0v) is 17.3. The molecule has 0 radical (unpaired) electrons. The number of anilines is 1. The Kier molecular flexibility index (Phi) is 5.78. The molecule has 0 spiro atoms. The predicted molar refractivity (Wildman–Crippen MR) is 120 cm³/mol. The first-order valence-electron chi connectivity index (χ1n) is 9.60. The number of carbonyl (C=O) groups excluding carboxylic acids is 1. The second-order valence-electron chi connectivity index (χ2n) is 6.90. The third-order valence-electron chi connectivity index (χ3n) is 4.84. The van der Waals surface area contributed by atoms with Gasteiger partial charge in [0.15, 0.2) is 0 Å². The highest BCUT2D eigenvalue weighted by Gasteiger charge is 2.31. The topological polar surface area (TPSA) is 98.5 Å². The van der Waals surface area contributed by atoms with Gasteiger partial charge >= 0.3 is 0 Å². The highest BCUT2D eigenvalue weighted by atomic mass is 32.1. The van der Waals surface area contributed by atoms with Crippen molar-refractivity contribution in [3.8, 4) is 0 Å². The number of aliphatic hydroxyl groups excluding tert-OH is 1. The summed E-state index contributed by atoms with van der Waals surface area (Å²) in [5.74, 6) is 0.0972. The number of rotatable bonds is 7. The van der Waals surface area contributed by atoms with Crippen molar-refractivity contribution < 1.29 is 14.6 Å². The fraction of sp³-hybridized carbons (Fsp3) is 0.227. The number of fused-ring (bicyclic) bond motifs is 1. The van der Waals surface area contributed by atoms with Crippen LogP contribution in [0.4, 0.5) is 5.69 Å². The molecule has 0 atom stereocenters. The monoisotopic (exact) mass is 422 g/mol. The zero-order valence-electron chi connectivity index (χ0n) is 16.5. The third kappa shape index (κ3) is 3.92. The van der Waals surface area contributed by atoms with Gasteiger partial charge in [0.05, 0.1) is 22.3 Å². The summed E-state index contributed by atoms with van der Waals surface area (Å²) in [6.45, 7) is 1.29. The number of hydrogen-bond donors (Lipinski definition) is 3. The molecular formula is C22H22N4O3S. The summed E-state index contributed by atoms with van der Waals surface area (Å²) in [5, 5.41) is 22.7. The lowest BCUT2D eigenvalue weighted by Crippen LogP contribution is -2.28. The Morgan fingerprint density at radius 2 is 2.13 bits per heavy atom. The minimum atomic E-state index is -0.178. The highest BCUT2D eigenvalue weighted by Crippen LogP contribution is 2.35. The van der Waals surface area contributed by atoms with Gasteiger partial charge in [0, 0.05) is 31.5 Å². The van der Waals surface area contributed by atoms with Crippen LogP contribution in [-0.4, -0.2) is 48.6 Å². The Morgan fingerprint density at radius 3 is 2.93 bits per heavy atom. The summed E-state index contributed by atoms with van der Waals surface area (Å²) < 4.78 is 6.00. The molecule has 2 heterocycles. The maximum atomic E-state index is 12.4. The van der Waals surface area contributed by atoms with E-state index in [4.69, 9.17) is 10.1 Å². The van der Waals surface area contributed by atoms with Crippen LogP contribution in [0.5, 0.6) is 0 Å². The average Bonchev–Trinajstić information content (AvgIpc) is 3.31. The molecule has 3 N–H and O–H groups in total. The summed E-state index contributed by atoms with van der Waals surface area (Å²) in [4.78, 5) is 18.7. The molecule has 7 nitrogen and oxygen atoms in total. The molecule has 2 aromatic carbocycles. The van der Waals surface area contributed by atoms with Gasteiger partial charge in [-0.3, -0.25) is 10.2 Å². The van der Waals surface area contributed by atoms with Gasteiger partial charge in [0.2, 0.25) is 0 Å². The number of amidine groups is 1. The Balaban J connectivity index is 1.53. The van der Waals surface area contributed by atoms with Crippen LogP contribution in [0.3, 0.4) is 0 Å². The van der Waals surface area contributed by atoms with Crippen LogP contribution in [0.25, 0.3) is 15.8 Å². The molecule has 0 bridgehead atoms. The third-order valence-corrected chi connectivity index (χ3v) is 5.90. The van der Waals surface area contributed by atoms with E-state index in [0.29, 0.717) is 35.0 Å². The maximum Gasteiger partial charge on any atom is 0.251 e. The second kappa shape index (κ2) is 8.64. The van der Waals surface area contributed by atoms with E-state index in [0.717, 1.165) is 16.6 Å². The summed E-state index contributed by atoms with van der Waals surface area (Å²) in [6, 6.07) is 14.8. The number of benzene rings is 2. The molecular weight excluding hydrogens is 400 g/mol. The number of nitrogens with zero attached hydrogens (tertiary/aromatic N) is 2. The molecule has 1 aromatic heterocycles. The van der Waals surface area contributed by atoms with Crippen molar-refractivity contribution in [2.24, 2.45) is 0 Å². The van der Waals surface area contributed by atoms with Gasteiger partial charge in [-0.05, 0) is 36.8 Å². The van der Waals surface area contributed by atoms with Gasteiger partial charge in [-0.15, -0.1) is 11.3 Å². The molecule has 3 aromatic rings. The molecule has 30 heavy (non-hydrogen) atoms. The summed E-state index contributed by atoms with van der Waals surface area (Å²) in [5.41, 5.74) is 2.46. The lowest BCUT2D eigenvalue weighted by atomic mass is 10.1. The fourth-order valence-electron chi connectivity index (χ4n) is 3.34. The maximum absolute atomic E-state index is 12.4. The van der Waals surface area contributed by atoms with Crippen LogP contribution < -0.4 is 10.2 Å². The van der Waals surface area contributed by atoms with Crippen molar-refractivity contribution in [2.75, 3.05) is 31.7 Å². The first-order chi connectivity index (χ1) is 14.6. The lowest BCUT2D eigenvalue weighted by molar-refractivity contribution is 0.0948. The SMILES string of the molecule is COCCCNC(=O)c1cccc(N2CC(O)=C(c3nc4ccccc4s3)C2=N)c1. The van der Waals surface area contributed by atoms with Gasteiger partial charge in [0.1, 0.15) is 16.6 Å². The van der Waals surface area contributed by atoms with Crippen molar-refractivity contribution in [3.63, 3.8) is 0 Å². The number of ether oxygens (including phenoxy) is 1. The van der Waals surface area contributed by atoms with Gasteiger partial charge < -0.3 is 20.1 Å². The van der Waals surface area contributed by atoms with E-state index in [1.165, 1.54) is 11.3 Å². The van der Waals surface area contributed by atoms with E-state index in [1.54, 1.807) is 30.2 Å². The minimum absolute atomic E-state index is 0.105. The van der Waals surface area contributed by atoms with E-state index < -0.39 is 0 Å². The van der Waals surface area contributed by atoms with Gasteiger partial charge in [-0.2, -0.15) is 0 Å². The highest BCUT2D eigenvalue weighted by molar-refractivity contribution is 7.19. The van der Waals surface area contributed by atoms with Crippen molar-refractivity contribution in [1.29, 1.82) is 5.41 Å². The number of aliphatic hydroxyl groups is 1. The number of aromatic nitrogens is 1. The van der Waals surface area contributed by atoms with Crippen molar-refractivity contribution in [3.05, 3.63) is 64.9 Å². The molecule has 1 amide bonds. The molecule has 0 saturated heterocycles. The van der Waals surface area contributed by atoms with Crippen LogP contribution in [-0.2, 0) is 4.74 Å². The van der Waals surface area contributed by atoms with E-state index >= 15 is 0 Å². The molecule has 1 aliphatic rings. The molecule has 8 heteroatoms. The molecule has 0 aliphatic carbocycles. The molecule has 0 unspecified atom stereocenters. The smallest absolute Gasteiger partial charge is 0.251 e. The van der Waals surface area contributed by atoms with Crippen LogP contribution in [0.15, 0.2) is 54.3 Å². The first kappa shape index (κ1) is 20.1. The standard InChI is InChI=1S/C22H22N4O3S/c1-29-11-5-10-24-21(28)14-6-4-7-15(12-14)26-13-17(27)19(20(26)23)22-25-16-8-2-3-9-18(16)30-22/h2-4,6-9,12,23,27H,5,10-11,13H2,1H3,(H,24,28). The van der Waals surface area contributed by atoms with Crippen LogP contribution in [0.2, 0.25) is 0 Å². The fourth-order valence-corrected chi connectivity index (χ4v) is 4.37. The van der Waals surface area contributed by atoms with E-state index in [2.05, 4.69) is 10.3 Å². The van der Waals surface area contributed by atoms with Gasteiger partial charge in [-0.25, -0.2) is 4.98 Å². The number of para-hydroxylation sites is 1. The number of nitrogens with one attached hydrogen (secondary N) is 2.